The summed E-state index contributed by atoms with van der Waals surface area (Å²) in [6.07, 6.45) is 3.15. The molecular formula is C20H18INO4. The third-order valence-electron chi connectivity index (χ3n) is 4.30. The number of hydrogen-bond donors (Lipinski definition) is 1. The number of amides is 1. The molecule has 134 valence electrons. The molecule has 0 radical (unpaired) electrons. The van der Waals surface area contributed by atoms with Crippen molar-refractivity contribution in [1.82, 2.24) is 5.32 Å². The molecule has 0 bridgehead atoms. The van der Waals surface area contributed by atoms with Gasteiger partial charge in [0.05, 0.1) is 5.56 Å². The Morgan fingerprint density at radius 3 is 2.62 bits per heavy atom. The molecule has 0 unspecified atom stereocenters. The molecule has 3 rings (SSSR count). The van der Waals surface area contributed by atoms with Crippen LogP contribution in [0.15, 0.2) is 42.5 Å². The van der Waals surface area contributed by atoms with E-state index in [2.05, 4.69) is 27.9 Å². The Bertz CT molecular complexity index is 863. The zero-order valence-electron chi connectivity index (χ0n) is 14.1. The highest BCUT2D eigenvalue weighted by atomic mass is 127. The lowest BCUT2D eigenvalue weighted by atomic mass is 10.0. The number of ketones is 1. The van der Waals surface area contributed by atoms with Gasteiger partial charge in [0, 0.05) is 9.13 Å². The minimum atomic E-state index is -0.640. The summed E-state index contributed by atoms with van der Waals surface area (Å²) in [5.41, 5.74) is 3.54. The number of carbonyl (C=O) groups excluding carboxylic acids is 3. The third kappa shape index (κ3) is 4.49. The molecule has 26 heavy (non-hydrogen) atoms. The second-order valence-corrected chi connectivity index (χ2v) is 7.25. The van der Waals surface area contributed by atoms with Gasteiger partial charge in [-0.05, 0) is 71.2 Å². The van der Waals surface area contributed by atoms with Crippen molar-refractivity contribution in [2.24, 2.45) is 0 Å². The quantitative estimate of drug-likeness (QED) is 0.407. The number of Topliss-reactive ketones (excluding diaryl/α,β-unsaturated/α-hetero) is 1. The number of aryl methyl sites for hydroxylation is 2. The van der Waals surface area contributed by atoms with E-state index in [1.807, 2.05) is 24.3 Å². The summed E-state index contributed by atoms with van der Waals surface area (Å²) in [4.78, 5) is 36.0. The number of rotatable bonds is 6. The second kappa shape index (κ2) is 8.44. The molecule has 0 atom stereocenters. The van der Waals surface area contributed by atoms with Crippen molar-refractivity contribution in [3.8, 4) is 0 Å². The fraction of sp³-hybridized carbons (Fsp3) is 0.250. The van der Waals surface area contributed by atoms with Crippen molar-refractivity contribution in [2.75, 3.05) is 13.2 Å². The number of nitrogens with one attached hydrogen (secondary N) is 1. The number of ether oxygens (including phenoxy) is 1. The second-order valence-electron chi connectivity index (χ2n) is 6.08. The van der Waals surface area contributed by atoms with Crippen LogP contribution in [0.3, 0.4) is 0 Å². The Labute approximate surface area is 165 Å². The molecule has 0 aliphatic heterocycles. The molecule has 1 aliphatic carbocycles. The van der Waals surface area contributed by atoms with E-state index in [1.165, 1.54) is 11.1 Å². The van der Waals surface area contributed by atoms with Crippen molar-refractivity contribution in [3.05, 3.63) is 68.3 Å². The first-order valence-corrected chi connectivity index (χ1v) is 9.46. The van der Waals surface area contributed by atoms with Crippen molar-refractivity contribution in [2.45, 2.75) is 19.3 Å². The first kappa shape index (κ1) is 18.6. The SMILES string of the molecule is O=C(CNC(=O)c1ccccc1I)OCC(=O)c1ccc2c(c1)CCC2. The number of fused-ring (bicyclic) bond motifs is 1. The van der Waals surface area contributed by atoms with Gasteiger partial charge in [0.1, 0.15) is 6.54 Å². The Balaban J connectivity index is 1.47. The van der Waals surface area contributed by atoms with Crippen LogP contribution < -0.4 is 5.32 Å². The van der Waals surface area contributed by atoms with Crippen LogP contribution in [-0.4, -0.2) is 30.8 Å². The standard InChI is InChI=1S/C20H18INO4/c21-17-7-2-1-6-16(17)20(25)22-11-19(24)26-12-18(23)15-9-8-13-4-3-5-14(13)10-15/h1-2,6-10H,3-5,11-12H2,(H,22,25). The summed E-state index contributed by atoms with van der Waals surface area (Å²) in [5, 5.41) is 2.51. The predicted molar refractivity (Wildman–Crippen MR) is 105 cm³/mol. The Morgan fingerprint density at radius 2 is 1.81 bits per heavy atom. The highest BCUT2D eigenvalue weighted by Gasteiger charge is 2.16. The van der Waals surface area contributed by atoms with Gasteiger partial charge in [-0.3, -0.25) is 14.4 Å². The zero-order valence-corrected chi connectivity index (χ0v) is 16.2. The third-order valence-corrected chi connectivity index (χ3v) is 5.24. The van der Waals surface area contributed by atoms with Gasteiger partial charge in [-0.25, -0.2) is 0 Å². The maximum atomic E-state index is 12.2. The molecule has 0 fully saturated rings. The van der Waals surface area contributed by atoms with Crippen molar-refractivity contribution in [1.29, 1.82) is 0 Å². The molecule has 0 spiro atoms. The maximum absolute atomic E-state index is 12.2. The fourth-order valence-corrected chi connectivity index (χ4v) is 3.55. The minimum absolute atomic E-state index is 0.239. The summed E-state index contributed by atoms with van der Waals surface area (Å²) in [6, 6.07) is 12.7. The fourth-order valence-electron chi connectivity index (χ4n) is 2.92. The normalized spacial score (nSPS) is 12.3. The van der Waals surface area contributed by atoms with Gasteiger partial charge < -0.3 is 10.1 Å². The van der Waals surface area contributed by atoms with Gasteiger partial charge in [-0.15, -0.1) is 0 Å². The number of hydrogen-bond acceptors (Lipinski definition) is 4. The summed E-state index contributed by atoms with van der Waals surface area (Å²) in [7, 11) is 0. The van der Waals surface area contributed by atoms with E-state index < -0.39 is 5.97 Å². The van der Waals surface area contributed by atoms with Crippen LogP contribution in [0.2, 0.25) is 0 Å². The van der Waals surface area contributed by atoms with E-state index in [-0.39, 0.29) is 24.8 Å². The number of halogens is 1. The predicted octanol–water partition coefficient (Wildman–Crippen LogP) is 2.94. The summed E-state index contributed by atoms with van der Waals surface area (Å²) in [5.74, 6) is -1.23. The molecule has 1 amide bonds. The molecular weight excluding hydrogens is 445 g/mol. The molecule has 2 aromatic rings. The van der Waals surface area contributed by atoms with Gasteiger partial charge >= 0.3 is 5.97 Å². The Hall–Kier alpha value is -2.22. The highest BCUT2D eigenvalue weighted by Crippen LogP contribution is 2.23. The number of carbonyl (C=O) groups is 3. The van der Waals surface area contributed by atoms with Crippen LogP contribution >= 0.6 is 22.6 Å². The van der Waals surface area contributed by atoms with Crippen molar-refractivity contribution in [3.63, 3.8) is 0 Å². The summed E-state index contributed by atoms with van der Waals surface area (Å²) >= 11 is 2.06. The molecule has 1 N–H and O–H groups in total. The van der Waals surface area contributed by atoms with Crippen molar-refractivity contribution < 1.29 is 19.1 Å². The topological polar surface area (TPSA) is 72.5 Å². The monoisotopic (exact) mass is 463 g/mol. The van der Waals surface area contributed by atoms with Crippen LogP contribution in [0.4, 0.5) is 0 Å². The average Bonchev–Trinajstić information content (AvgIpc) is 3.12. The van der Waals surface area contributed by atoms with Gasteiger partial charge in [-0.1, -0.05) is 24.3 Å². The number of esters is 1. The smallest absolute Gasteiger partial charge is 0.325 e. The molecule has 0 saturated heterocycles. The van der Waals surface area contributed by atoms with E-state index in [0.29, 0.717) is 11.1 Å². The van der Waals surface area contributed by atoms with Crippen molar-refractivity contribution >= 4 is 40.3 Å². The first-order chi connectivity index (χ1) is 12.5. The molecule has 5 nitrogen and oxygen atoms in total. The van der Waals surface area contributed by atoms with E-state index >= 15 is 0 Å². The van der Waals surface area contributed by atoms with E-state index in [4.69, 9.17) is 4.74 Å². The highest BCUT2D eigenvalue weighted by molar-refractivity contribution is 14.1. The molecule has 0 aromatic heterocycles. The van der Waals surface area contributed by atoms with Gasteiger partial charge in [0.25, 0.3) is 5.91 Å². The van der Waals surface area contributed by atoms with E-state index in [1.54, 1.807) is 18.2 Å². The molecule has 2 aromatic carbocycles. The molecule has 0 heterocycles. The summed E-state index contributed by atoms with van der Waals surface area (Å²) in [6.45, 7) is -0.600. The van der Waals surface area contributed by atoms with E-state index in [0.717, 1.165) is 22.8 Å². The van der Waals surface area contributed by atoms with Crippen LogP contribution in [0.1, 0.15) is 38.3 Å². The van der Waals surface area contributed by atoms with Crippen LogP contribution in [0.25, 0.3) is 0 Å². The van der Waals surface area contributed by atoms with Gasteiger partial charge in [-0.2, -0.15) is 0 Å². The van der Waals surface area contributed by atoms with E-state index in [9.17, 15) is 14.4 Å². The molecule has 1 aliphatic rings. The van der Waals surface area contributed by atoms with Crippen LogP contribution in [0.5, 0.6) is 0 Å². The lowest BCUT2D eigenvalue weighted by Crippen LogP contribution is -2.31. The first-order valence-electron chi connectivity index (χ1n) is 8.38. The Kier molecular flexibility index (Phi) is 6.03. The molecule has 0 saturated carbocycles. The lowest BCUT2D eigenvalue weighted by Gasteiger charge is -2.08. The minimum Gasteiger partial charge on any atom is -0.456 e. The molecule has 6 heteroatoms. The van der Waals surface area contributed by atoms with Crippen LogP contribution in [0, 0.1) is 3.57 Å². The van der Waals surface area contributed by atoms with Gasteiger partial charge in [0.15, 0.2) is 12.4 Å². The maximum Gasteiger partial charge on any atom is 0.325 e. The Morgan fingerprint density at radius 1 is 1.04 bits per heavy atom. The number of benzene rings is 2. The average molecular weight is 463 g/mol. The lowest BCUT2D eigenvalue weighted by molar-refractivity contribution is -0.141. The van der Waals surface area contributed by atoms with Crippen LogP contribution in [-0.2, 0) is 22.4 Å². The summed E-state index contributed by atoms with van der Waals surface area (Å²) < 4.78 is 5.78. The zero-order chi connectivity index (χ0) is 18.5. The van der Waals surface area contributed by atoms with Gasteiger partial charge in [0.2, 0.25) is 0 Å². The largest absolute Gasteiger partial charge is 0.456 e.